The molecule has 0 spiro atoms. The Labute approximate surface area is 190 Å². The summed E-state index contributed by atoms with van der Waals surface area (Å²) in [4.78, 5) is 13.9. The number of aromatic nitrogens is 4. The van der Waals surface area contributed by atoms with Gasteiger partial charge in [-0.3, -0.25) is 4.57 Å². The van der Waals surface area contributed by atoms with Crippen LogP contribution in [0.5, 0.6) is 0 Å². The van der Waals surface area contributed by atoms with Crippen LogP contribution < -0.4 is 10.6 Å². The summed E-state index contributed by atoms with van der Waals surface area (Å²) in [6.07, 6.45) is 5.96. The maximum absolute atomic E-state index is 14.6. The molecule has 2 aromatic heterocycles. The van der Waals surface area contributed by atoms with Crippen molar-refractivity contribution in [2.24, 2.45) is 0 Å². The van der Waals surface area contributed by atoms with Crippen LogP contribution in [-0.2, 0) is 4.74 Å². The van der Waals surface area contributed by atoms with Crippen LogP contribution in [0.15, 0.2) is 18.3 Å². The quantitative estimate of drug-likeness (QED) is 0.527. The molecular formula is C23H28F2N6O2. The predicted octanol–water partition coefficient (Wildman–Crippen LogP) is 4.22. The zero-order valence-corrected chi connectivity index (χ0v) is 18.5. The lowest BCUT2D eigenvalue weighted by Crippen LogP contribution is -2.28. The second-order valence-corrected chi connectivity index (χ2v) is 8.91. The van der Waals surface area contributed by atoms with Gasteiger partial charge in [-0.1, -0.05) is 0 Å². The van der Waals surface area contributed by atoms with Gasteiger partial charge < -0.3 is 20.5 Å². The number of aliphatic hydroxyl groups is 1. The zero-order valence-electron chi connectivity index (χ0n) is 18.5. The average molecular weight is 459 g/mol. The Hall–Kier alpha value is -2.85. The van der Waals surface area contributed by atoms with Gasteiger partial charge in [0.2, 0.25) is 11.9 Å². The van der Waals surface area contributed by atoms with Gasteiger partial charge in [-0.25, -0.2) is 18.7 Å². The van der Waals surface area contributed by atoms with Crippen LogP contribution in [0.3, 0.4) is 0 Å². The predicted molar refractivity (Wildman–Crippen MR) is 121 cm³/mol. The number of hydrogen-bond acceptors (Lipinski definition) is 7. The van der Waals surface area contributed by atoms with E-state index in [4.69, 9.17) is 9.72 Å². The molecule has 0 amide bonds. The van der Waals surface area contributed by atoms with E-state index in [9.17, 15) is 13.9 Å². The number of hydrogen-bond donors (Lipinski definition) is 3. The first kappa shape index (κ1) is 22.0. The van der Waals surface area contributed by atoms with Crippen LogP contribution in [0, 0.1) is 18.6 Å². The molecule has 8 nitrogen and oxygen atoms in total. The molecule has 33 heavy (non-hydrogen) atoms. The van der Waals surface area contributed by atoms with Gasteiger partial charge in [-0.15, -0.1) is 0 Å². The third-order valence-corrected chi connectivity index (χ3v) is 6.51. The largest absolute Gasteiger partial charge is 0.393 e. The first-order valence-electron chi connectivity index (χ1n) is 11.5. The number of aliphatic hydroxyl groups excluding tert-OH is 1. The van der Waals surface area contributed by atoms with Gasteiger partial charge in [0.15, 0.2) is 5.65 Å². The molecule has 3 N–H and O–H groups in total. The number of nitrogens with one attached hydrogen (secondary N) is 2. The number of imidazole rings is 1. The fourth-order valence-corrected chi connectivity index (χ4v) is 4.71. The van der Waals surface area contributed by atoms with Crippen molar-refractivity contribution in [3.05, 3.63) is 35.5 Å². The van der Waals surface area contributed by atoms with E-state index >= 15 is 0 Å². The van der Waals surface area contributed by atoms with Crippen molar-refractivity contribution in [1.29, 1.82) is 0 Å². The molecule has 0 unspecified atom stereocenters. The summed E-state index contributed by atoms with van der Waals surface area (Å²) >= 11 is 0. The topological polar surface area (TPSA) is 97.1 Å². The number of aryl methyl sites for hydroxylation is 1. The van der Waals surface area contributed by atoms with Crippen molar-refractivity contribution >= 4 is 28.7 Å². The molecule has 1 aliphatic carbocycles. The molecule has 0 radical (unpaired) electrons. The van der Waals surface area contributed by atoms with E-state index in [1.165, 1.54) is 6.07 Å². The molecule has 1 saturated heterocycles. The van der Waals surface area contributed by atoms with Crippen molar-refractivity contribution in [1.82, 2.24) is 19.5 Å². The van der Waals surface area contributed by atoms with Crippen LogP contribution in [0.2, 0.25) is 0 Å². The van der Waals surface area contributed by atoms with Crippen LogP contribution in [-0.4, -0.2) is 50.0 Å². The first-order valence-corrected chi connectivity index (χ1v) is 11.5. The smallest absolute Gasteiger partial charge is 0.224 e. The van der Waals surface area contributed by atoms with Gasteiger partial charge in [0.1, 0.15) is 17.2 Å². The monoisotopic (exact) mass is 458 g/mol. The number of nitrogens with zero attached hydrogens (tertiary/aromatic N) is 4. The SMILES string of the molecule is Cc1cc(F)cc(F)c1Nc1nc2cnc(NC3CCOCC3)nc2n1[C@H]1CC[C@@H](O)CC1. The maximum Gasteiger partial charge on any atom is 0.224 e. The average Bonchev–Trinajstić information content (AvgIpc) is 3.15. The van der Waals surface area contributed by atoms with Gasteiger partial charge in [0, 0.05) is 31.4 Å². The summed E-state index contributed by atoms with van der Waals surface area (Å²) in [6.45, 7) is 3.06. The number of rotatable bonds is 5. The molecule has 2 fully saturated rings. The molecule has 0 bridgehead atoms. The van der Waals surface area contributed by atoms with E-state index in [1.807, 2.05) is 4.57 Å². The highest BCUT2D eigenvalue weighted by atomic mass is 19.1. The standard InChI is InChI=1S/C23H28F2N6O2/c1-13-10-14(24)11-18(25)20(13)29-23-28-19-12-26-22(27-15-6-8-33-9-7-15)30-21(19)31(23)16-2-4-17(32)5-3-16/h10-12,15-17,32H,2-9H2,1H3,(H,28,29)(H,26,27,30)/t16-,17+. The number of halogens is 2. The van der Waals surface area contributed by atoms with Gasteiger partial charge >= 0.3 is 0 Å². The third kappa shape index (κ3) is 4.63. The Bertz CT molecular complexity index is 1120. The Kier molecular flexibility index (Phi) is 6.11. The number of benzene rings is 1. The summed E-state index contributed by atoms with van der Waals surface area (Å²) in [5.41, 5.74) is 1.85. The zero-order chi connectivity index (χ0) is 22.9. The molecule has 3 aromatic rings. The van der Waals surface area contributed by atoms with E-state index in [0.717, 1.165) is 31.7 Å². The molecule has 176 valence electrons. The highest BCUT2D eigenvalue weighted by molar-refractivity contribution is 5.77. The number of anilines is 3. The number of fused-ring (bicyclic) bond motifs is 1. The Morgan fingerprint density at radius 3 is 2.55 bits per heavy atom. The van der Waals surface area contributed by atoms with Crippen molar-refractivity contribution in [3.8, 4) is 0 Å². The van der Waals surface area contributed by atoms with Crippen LogP contribution >= 0.6 is 0 Å². The third-order valence-electron chi connectivity index (χ3n) is 6.51. The Morgan fingerprint density at radius 2 is 1.82 bits per heavy atom. The molecule has 0 atom stereocenters. The number of ether oxygens (including phenoxy) is 1. The molecular weight excluding hydrogens is 430 g/mol. The lowest BCUT2D eigenvalue weighted by atomic mass is 9.93. The maximum atomic E-state index is 14.6. The summed E-state index contributed by atoms with van der Waals surface area (Å²) in [6, 6.07) is 2.42. The molecule has 1 aromatic carbocycles. The molecule has 10 heteroatoms. The van der Waals surface area contributed by atoms with Crippen molar-refractivity contribution in [3.63, 3.8) is 0 Å². The van der Waals surface area contributed by atoms with E-state index in [1.54, 1.807) is 13.1 Å². The van der Waals surface area contributed by atoms with Crippen molar-refractivity contribution < 1.29 is 18.6 Å². The molecule has 5 rings (SSSR count). The fraction of sp³-hybridized carbons (Fsp3) is 0.522. The Balaban J connectivity index is 1.54. The van der Waals surface area contributed by atoms with Gasteiger partial charge in [0.05, 0.1) is 18.0 Å². The molecule has 1 saturated carbocycles. The highest BCUT2D eigenvalue weighted by Crippen LogP contribution is 2.36. The Morgan fingerprint density at radius 1 is 1.06 bits per heavy atom. The van der Waals surface area contributed by atoms with Crippen LogP contribution in [0.25, 0.3) is 11.2 Å². The van der Waals surface area contributed by atoms with E-state index < -0.39 is 11.6 Å². The summed E-state index contributed by atoms with van der Waals surface area (Å²) < 4.78 is 35.6. The van der Waals surface area contributed by atoms with Gasteiger partial charge in [-0.05, 0) is 57.1 Å². The van der Waals surface area contributed by atoms with E-state index in [-0.39, 0.29) is 23.9 Å². The van der Waals surface area contributed by atoms with E-state index in [2.05, 4.69) is 20.6 Å². The minimum absolute atomic E-state index is 0.0375. The lowest BCUT2D eigenvalue weighted by molar-refractivity contribution is 0.0903. The second kappa shape index (κ2) is 9.18. The summed E-state index contributed by atoms with van der Waals surface area (Å²) in [5.74, 6) is -0.363. The molecule has 1 aliphatic heterocycles. The molecule has 2 aliphatic rings. The van der Waals surface area contributed by atoms with Crippen LogP contribution in [0.1, 0.15) is 50.1 Å². The molecule has 3 heterocycles. The van der Waals surface area contributed by atoms with Gasteiger partial charge in [0.25, 0.3) is 0 Å². The van der Waals surface area contributed by atoms with Gasteiger partial charge in [-0.2, -0.15) is 4.98 Å². The lowest BCUT2D eigenvalue weighted by Gasteiger charge is -2.28. The fourth-order valence-electron chi connectivity index (χ4n) is 4.71. The van der Waals surface area contributed by atoms with Crippen molar-refractivity contribution in [2.75, 3.05) is 23.8 Å². The summed E-state index contributed by atoms with van der Waals surface area (Å²) in [7, 11) is 0. The summed E-state index contributed by atoms with van der Waals surface area (Å²) in [5, 5.41) is 16.5. The minimum Gasteiger partial charge on any atom is -0.393 e. The van der Waals surface area contributed by atoms with Crippen LogP contribution in [0.4, 0.5) is 26.4 Å². The second-order valence-electron chi connectivity index (χ2n) is 8.91. The highest BCUT2D eigenvalue weighted by Gasteiger charge is 2.27. The first-order chi connectivity index (χ1) is 16.0. The normalized spacial score (nSPS) is 21.9. The van der Waals surface area contributed by atoms with Crippen molar-refractivity contribution in [2.45, 2.75) is 63.6 Å². The minimum atomic E-state index is -0.682. The van der Waals surface area contributed by atoms with E-state index in [0.29, 0.717) is 54.7 Å².